The van der Waals surface area contributed by atoms with Gasteiger partial charge in [-0.15, -0.1) is 0 Å². The molecule has 0 bridgehead atoms. The van der Waals surface area contributed by atoms with Crippen molar-refractivity contribution in [2.75, 3.05) is 330 Å². The van der Waals surface area contributed by atoms with Crippen LogP contribution in [0.25, 0.3) is 0 Å². The quantitative estimate of drug-likeness (QED) is 0.0423. The first-order valence-electron chi connectivity index (χ1n) is 41.1. The van der Waals surface area contributed by atoms with E-state index in [9.17, 15) is 38.4 Å². The molecule has 0 N–H and O–H groups in total. The van der Waals surface area contributed by atoms with Crippen LogP contribution in [0, 0.1) is 10.8 Å². The van der Waals surface area contributed by atoms with Crippen LogP contribution in [0.3, 0.4) is 0 Å². The fourth-order valence-electron chi connectivity index (χ4n) is 8.67. The van der Waals surface area contributed by atoms with Gasteiger partial charge in [-0.1, -0.05) is 41.5 Å². The molecular formula is C80H146O36. The van der Waals surface area contributed by atoms with Crippen LogP contribution >= 0.6 is 0 Å². The number of ether oxygens (including phenoxy) is 28. The Morgan fingerprint density at radius 3 is 0.379 bits per heavy atom. The van der Waals surface area contributed by atoms with Crippen LogP contribution in [-0.4, -0.2) is 378 Å². The fraction of sp³-hybridized carbons (Fsp3) is 0.900. The van der Waals surface area contributed by atoms with Crippen LogP contribution in [-0.2, 0) is 171 Å². The number of unbranched alkanes of at least 4 members (excludes halogenated alkanes) is 2. The van der Waals surface area contributed by atoms with Crippen molar-refractivity contribution in [3.63, 3.8) is 0 Å². The molecule has 0 amide bonds. The largest absolute Gasteiger partial charge is 0.466 e. The molecule has 0 aliphatic heterocycles. The second-order valence-electron chi connectivity index (χ2n) is 27.3. The molecule has 0 aliphatic rings. The van der Waals surface area contributed by atoms with Gasteiger partial charge in [-0.05, 0) is 38.5 Å². The number of Topliss-reactive ketones (excluding diaryl/α,β-unsaturated/α-hetero) is 2. The third kappa shape index (κ3) is 88.6. The Bertz CT molecular complexity index is 2100. The number of rotatable bonds is 93. The van der Waals surface area contributed by atoms with Crippen LogP contribution in [0.2, 0.25) is 0 Å². The minimum atomic E-state index is -0.485. The summed E-state index contributed by atoms with van der Waals surface area (Å²) in [7, 11) is 0. The van der Waals surface area contributed by atoms with Crippen LogP contribution < -0.4 is 0 Å². The summed E-state index contributed by atoms with van der Waals surface area (Å²) < 4.78 is 152. The Hall–Kier alpha value is -4.72. The molecule has 0 heterocycles. The lowest BCUT2D eigenvalue weighted by Crippen LogP contribution is -2.21. The predicted octanol–water partition coefficient (Wildman–Crippen LogP) is 5.30. The van der Waals surface area contributed by atoms with Gasteiger partial charge in [-0.3, -0.25) is 38.4 Å². The van der Waals surface area contributed by atoms with E-state index in [1.54, 1.807) is 0 Å². The molecule has 36 heteroatoms. The van der Waals surface area contributed by atoms with E-state index in [0.29, 0.717) is 316 Å². The van der Waals surface area contributed by atoms with Gasteiger partial charge in [0.1, 0.15) is 24.8 Å². The number of hydrogen-bond acceptors (Lipinski definition) is 36. The summed E-state index contributed by atoms with van der Waals surface area (Å²) in [5.41, 5.74) is -0.969. The molecule has 36 nitrogen and oxygen atoms in total. The summed E-state index contributed by atoms with van der Waals surface area (Å²) in [4.78, 5) is 95.1. The number of hydrogen-bond donors (Lipinski definition) is 0. The highest BCUT2D eigenvalue weighted by Gasteiger charge is 2.23. The normalized spacial score (nSPS) is 11.7. The summed E-state index contributed by atoms with van der Waals surface area (Å²) in [6.45, 7) is 30.7. The van der Waals surface area contributed by atoms with Crippen LogP contribution in [0.1, 0.15) is 131 Å². The van der Waals surface area contributed by atoms with Crippen molar-refractivity contribution in [1.82, 2.24) is 0 Å². The molecule has 0 aliphatic carbocycles. The van der Waals surface area contributed by atoms with E-state index in [4.69, 9.17) is 133 Å². The highest BCUT2D eigenvalue weighted by Crippen LogP contribution is 2.19. The molecule has 0 radical (unpaired) electrons. The van der Waals surface area contributed by atoms with Crippen molar-refractivity contribution >= 4 is 47.4 Å². The topological polar surface area (TPSA) is 395 Å². The van der Waals surface area contributed by atoms with Crippen molar-refractivity contribution in [2.24, 2.45) is 10.8 Å². The summed E-state index contributed by atoms with van der Waals surface area (Å²) in [5, 5.41) is 0. The molecule has 0 saturated carbocycles. The maximum absolute atomic E-state index is 11.9. The van der Waals surface area contributed by atoms with Gasteiger partial charge in [0.25, 0.3) is 0 Å². The molecule has 0 aromatic rings. The summed E-state index contributed by atoms with van der Waals surface area (Å²) >= 11 is 0. The number of carbonyl (C=O) groups is 8. The molecule has 682 valence electrons. The Balaban J connectivity index is 3.21. The summed E-state index contributed by atoms with van der Waals surface area (Å²) in [6.07, 6.45) is 3.49. The Labute approximate surface area is 688 Å². The lowest BCUT2D eigenvalue weighted by molar-refractivity contribution is -0.148. The van der Waals surface area contributed by atoms with Crippen molar-refractivity contribution in [3.05, 3.63) is 0 Å². The third-order valence-corrected chi connectivity index (χ3v) is 15.2. The van der Waals surface area contributed by atoms with Crippen LogP contribution in [0.5, 0.6) is 0 Å². The van der Waals surface area contributed by atoms with E-state index >= 15 is 0 Å². The zero-order chi connectivity index (χ0) is 84.7. The maximum Gasteiger partial charge on any atom is 0.306 e. The van der Waals surface area contributed by atoms with Gasteiger partial charge >= 0.3 is 35.8 Å². The van der Waals surface area contributed by atoms with Gasteiger partial charge in [0.15, 0.2) is 0 Å². The molecule has 0 atom stereocenters. The minimum absolute atomic E-state index is 0.00735. The summed E-state index contributed by atoms with van der Waals surface area (Å²) in [6, 6.07) is 0. The molecule has 0 rings (SSSR count). The van der Waals surface area contributed by atoms with E-state index < -0.39 is 46.6 Å². The number of esters is 6. The van der Waals surface area contributed by atoms with Crippen molar-refractivity contribution in [3.8, 4) is 0 Å². The lowest BCUT2D eigenvalue weighted by Gasteiger charge is -2.15. The molecule has 0 aromatic carbocycles. The summed E-state index contributed by atoms with van der Waals surface area (Å²) in [5.74, 6) is -2.50. The van der Waals surface area contributed by atoms with E-state index in [0.717, 1.165) is 0 Å². The number of ketones is 2. The monoisotopic (exact) mass is 1680 g/mol. The first-order valence-corrected chi connectivity index (χ1v) is 41.1. The first-order chi connectivity index (χ1) is 56.4. The van der Waals surface area contributed by atoms with Gasteiger partial charge in [-0.25, -0.2) is 0 Å². The lowest BCUT2D eigenvalue weighted by atomic mass is 9.88. The highest BCUT2D eigenvalue weighted by molar-refractivity contribution is 5.87. The highest BCUT2D eigenvalue weighted by atomic mass is 16.6. The van der Waals surface area contributed by atoms with E-state index in [-0.39, 0.29) is 116 Å². The van der Waals surface area contributed by atoms with Gasteiger partial charge in [-0.2, -0.15) is 0 Å². The minimum Gasteiger partial charge on any atom is -0.466 e. The molecule has 0 fully saturated rings. The second kappa shape index (κ2) is 86.7. The first kappa shape index (κ1) is 111. The smallest absolute Gasteiger partial charge is 0.306 e. The van der Waals surface area contributed by atoms with E-state index in [1.807, 2.05) is 41.5 Å². The Morgan fingerprint density at radius 2 is 0.250 bits per heavy atom. The van der Waals surface area contributed by atoms with Crippen molar-refractivity contribution in [1.29, 1.82) is 0 Å². The zero-order valence-electron chi connectivity index (χ0n) is 71.0. The molecule has 0 saturated heterocycles. The average Bonchev–Trinajstić information content (AvgIpc) is 0.919. The molecular weight excluding hydrogens is 1540 g/mol. The average molecular weight is 1680 g/mol. The third-order valence-electron chi connectivity index (χ3n) is 15.2. The van der Waals surface area contributed by atoms with E-state index in [1.165, 1.54) is 0 Å². The molecule has 0 aromatic heterocycles. The molecule has 116 heavy (non-hydrogen) atoms. The van der Waals surface area contributed by atoms with Gasteiger partial charge in [0.2, 0.25) is 0 Å². The molecule has 0 unspecified atom stereocenters. The van der Waals surface area contributed by atoms with Gasteiger partial charge in [0, 0.05) is 49.4 Å². The SMILES string of the molecule is CC(C)(C)C(=O)CCC(=O)OCCCCOC(=O)CCCC(=O)OCCOCCOCCOCCOCCOCCOCCOCCOCCOCCOCCOCCOCCOCCOCCOCCOCCOCCOCCOCCOCCOCCOCCOC(=O)CCCC(=O)OCCCCOC(=O)CCC(=O)C(C)(C)C. The van der Waals surface area contributed by atoms with Crippen molar-refractivity contribution < 1.29 is 171 Å². The van der Waals surface area contributed by atoms with E-state index in [2.05, 4.69) is 0 Å². The van der Waals surface area contributed by atoms with Gasteiger partial charge < -0.3 is 133 Å². The van der Waals surface area contributed by atoms with Crippen LogP contribution in [0.4, 0.5) is 0 Å². The standard InChI is InChI=1S/C80H146O36/c1-79(2,3)71(81)17-19-77(87)113-23-9-7-21-111-73(83)13-11-15-75(85)115-69-67-109-65-63-107-61-59-105-57-55-103-53-51-101-49-47-99-45-43-97-41-39-95-37-35-93-33-31-91-29-27-89-25-26-90-28-30-92-32-34-94-36-38-96-40-42-98-44-46-100-48-50-102-52-54-104-56-58-106-60-62-108-64-66-110-68-70-116-76(86)16-12-14-74(84)112-22-8-10-24-114-78(88)20-18-72(82)80(4,5)6/h7-70H2,1-6H3. The number of carbonyl (C=O) groups excluding carboxylic acids is 8. The van der Waals surface area contributed by atoms with Crippen LogP contribution in [0.15, 0.2) is 0 Å². The van der Waals surface area contributed by atoms with Crippen molar-refractivity contribution in [2.45, 2.75) is 131 Å². The fourth-order valence-corrected chi connectivity index (χ4v) is 8.67. The maximum atomic E-state index is 11.9. The second-order valence-corrected chi connectivity index (χ2v) is 27.3. The predicted molar refractivity (Wildman–Crippen MR) is 417 cm³/mol. The Kier molecular flexibility index (Phi) is 83.1. The van der Waals surface area contributed by atoms with Gasteiger partial charge in [0.05, 0.1) is 330 Å². The molecule has 0 spiro atoms. The Morgan fingerprint density at radius 1 is 0.138 bits per heavy atom. The zero-order valence-corrected chi connectivity index (χ0v) is 71.0.